The van der Waals surface area contributed by atoms with E-state index in [1.165, 1.54) is 6.42 Å². The van der Waals surface area contributed by atoms with Gasteiger partial charge in [0.25, 0.3) is 0 Å². The Kier molecular flexibility index (Phi) is 2.19. The second-order valence-corrected chi connectivity index (χ2v) is 3.01. The minimum absolute atomic E-state index is 0.424. The summed E-state index contributed by atoms with van der Waals surface area (Å²) >= 11 is 0. The summed E-state index contributed by atoms with van der Waals surface area (Å²) < 4.78 is 0. The van der Waals surface area contributed by atoms with Gasteiger partial charge in [-0.3, -0.25) is 4.99 Å². The predicted octanol–water partition coefficient (Wildman–Crippen LogP) is 0.0249. The monoisotopic (exact) mass is 151 g/mol. The summed E-state index contributed by atoms with van der Waals surface area (Å²) in [5, 5.41) is 6.76. The number of hydrogen-bond acceptors (Lipinski definition) is 3. The van der Waals surface area contributed by atoms with Crippen LogP contribution in [0.2, 0.25) is 0 Å². The molecule has 0 aromatic rings. The highest BCUT2D eigenvalue weighted by Gasteiger charge is 2.25. The maximum atomic E-state index is 4.05. The molecule has 2 aliphatic rings. The van der Waals surface area contributed by atoms with Gasteiger partial charge in [0.2, 0.25) is 0 Å². The molecule has 2 heterocycles. The van der Waals surface area contributed by atoms with Gasteiger partial charge in [-0.05, 0) is 19.1 Å². The minimum Gasteiger partial charge on any atom is -0.300 e. The first-order valence-electron chi connectivity index (χ1n) is 4.20. The van der Waals surface area contributed by atoms with E-state index < -0.39 is 0 Å². The summed E-state index contributed by atoms with van der Waals surface area (Å²) in [7, 11) is 0. The fourth-order valence-electron chi connectivity index (χ4n) is 1.58. The fraction of sp³-hybridized carbons (Fsp3) is 0.750. The number of nitrogens with one attached hydrogen (secondary N) is 2. The Bertz CT molecular complexity index is 149. The van der Waals surface area contributed by atoms with E-state index in [1.54, 1.807) is 0 Å². The summed E-state index contributed by atoms with van der Waals surface area (Å²) in [6, 6.07) is 0. The van der Waals surface area contributed by atoms with Gasteiger partial charge in [0.15, 0.2) is 0 Å². The van der Waals surface area contributed by atoms with E-state index in [-0.39, 0.29) is 0 Å². The Labute approximate surface area is 67.3 Å². The smallest absolute Gasteiger partial charge is 0.122 e. The summed E-state index contributed by atoms with van der Waals surface area (Å²) in [6.07, 6.45) is 4.63. The largest absolute Gasteiger partial charge is 0.300 e. The predicted molar refractivity (Wildman–Crippen MR) is 44.3 cm³/mol. The van der Waals surface area contributed by atoms with Crippen molar-refractivity contribution in [2.75, 3.05) is 13.1 Å². The zero-order chi connectivity index (χ0) is 7.52. The van der Waals surface area contributed by atoms with Gasteiger partial charge in [-0.25, -0.2) is 0 Å². The molecule has 0 bridgehead atoms. The zero-order valence-corrected chi connectivity index (χ0v) is 6.51. The van der Waals surface area contributed by atoms with Gasteiger partial charge in [0.05, 0.1) is 6.17 Å². The average Bonchev–Trinajstić information content (AvgIpc) is 2.58. The molecule has 0 amide bonds. The van der Waals surface area contributed by atoms with E-state index in [9.17, 15) is 0 Å². The van der Waals surface area contributed by atoms with Gasteiger partial charge in [0, 0.05) is 19.0 Å². The molecule has 60 valence electrons. The first-order valence-corrected chi connectivity index (χ1v) is 4.20. The third-order valence-corrected chi connectivity index (χ3v) is 2.19. The van der Waals surface area contributed by atoms with Crippen molar-refractivity contribution in [3.8, 4) is 0 Å². The van der Waals surface area contributed by atoms with Crippen LogP contribution in [0.4, 0.5) is 0 Å². The van der Waals surface area contributed by atoms with Gasteiger partial charge in [-0.1, -0.05) is 0 Å². The summed E-state index contributed by atoms with van der Waals surface area (Å²) in [4.78, 5) is 4.05. The van der Waals surface area contributed by atoms with Crippen molar-refractivity contribution in [3.05, 3.63) is 6.54 Å². The van der Waals surface area contributed by atoms with Crippen LogP contribution in [0.25, 0.3) is 0 Å². The second kappa shape index (κ2) is 3.32. The van der Waals surface area contributed by atoms with Crippen molar-refractivity contribution in [1.29, 1.82) is 0 Å². The first kappa shape index (κ1) is 7.25. The van der Waals surface area contributed by atoms with Gasteiger partial charge < -0.3 is 10.6 Å². The molecule has 0 spiro atoms. The Hall–Kier alpha value is -0.410. The van der Waals surface area contributed by atoms with Gasteiger partial charge in [-0.2, -0.15) is 0 Å². The molecule has 2 N–H and O–H groups in total. The SMILES string of the molecule is [C]1N=CCCC1C1NCCN1. The maximum Gasteiger partial charge on any atom is 0.122 e. The van der Waals surface area contributed by atoms with Crippen molar-refractivity contribution in [1.82, 2.24) is 10.6 Å². The maximum absolute atomic E-state index is 4.05. The molecule has 1 saturated heterocycles. The number of hydrogen-bond donors (Lipinski definition) is 2. The van der Waals surface area contributed by atoms with Crippen LogP contribution >= 0.6 is 0 Å². The van der Waals surface area contributed by atoms with Crippen LogP contribution < -0.4 is 10.6 Å². The fourth-order valence-corrected chi connectivity index (χ4v) is 1.58. The number of aliphatic imine (C=N–C) groups is 1. The van der Waals surface area contributed by atoms with E-state index in [2.05, 4.69) is 22.2 Å². The lowest BCUT2D eigenvalue weighted by molar-refractivity contribution is 0.379. The molecule has 1 fully saturated rings. The van der Waals surface area contributed by atoms with E-state index in [1.807, 2.05) is 6.21 Å². The zero-order valence-electron chi connectivity index (χ0n) is 6.51. The van der Waals surface area contributed by atoms with Crippen LogP contribution in [0, 0.1) is 12.5 Å². The Balaban J connectivity index is 1.88. The van der Waals surface area contributed by atoms with Crippen molar-refractivity contribution in [3.63, 3.8) is 0 Å². The molecule has 0 aliphatic carbocycles. The highest BCUT2D eigenvalue weighted by molar-refractivity contribution is 5.58. The van der Waals surface area contributed by atoms with Crippen molar-refractivity contribution < 1.29 is 0 Å². The van der Waals surface area contributed by atoms with Gasteiger partial charge in [-0.15, -0.1) is 0 Å². The number of nitrogens with zero attached hydrogens (tertiary/aromatic N) is 1. The van der Waals surface area contributed by atoms with Crippen LogP contribution in [-0.4, -0.2) is 25.5 Å². The lowest BCUT2D eigenvalue weighted by Crippen LogP contribution is -2.39. The van der Waals surface area contributed by atoms with E-state index in [4.69, 9.17) is 0 Å². The van der Waals surface area contributed by atoms with Crippen molar-refractivity contribution in [2.45, 2.75) is 19.0 Å². The van der Waals surface area contributed by atoms with Crippen LogP contribution in [-0.2, 0) is 0 Å². The molecule has 3 heteroatoms. The normalized spacial score (nSPS) is 32.9. The third-order valence-electron chi connectivity index (χ3n) is 2.19. The van der Waals surface area contributed by atoms with Gasteiger partial charge >= 0.3 is 0 Å². The van der Waals surface area contributed by atoms with Gasteiger partial charge in [0.1, 0.15) is 6.54 Å². The van der Waals surface area contributed by atoms with E-state index >= 15 is 0 Å². The Morgan fingerprint density at radius 1 is 1.36 bits per heavy atom. The quantitative estimate of drug-likeness (QED) is 0.554. The molecule has 0 saturated carbocycles. The summed E-state index contributed by atoms with van der Waals surface area (Å²) in [5.41, 5.74) is 0. The third kappa shape index (κ3) is 1.60. The van der Waals surface area contributed by atoms with Crippen LogP contribution in [0.15, 0.2) is 4.99 Å². The highest BCUT2D eigenvalue weighted by Crippen LogP contribution is 2.18. The van der Waals surface area contributed by atoms with Crippen LogP contribution in [0.5, 0.6) is 0 Å². The molecule has 1 unspecified atom stereocenters. The Morgan fingerprint density at radius 2 is 2.18 bits per heavy atom. The van der Waals surface area contributed by atoms with Crippen molar-refractivity contribution in [2.24, 2.45) is 10.9 Å². The lowest BCUT2D eigenvalue weighted by atomic mass is 9.98. The molecule has 2 aliphatic heterocycles. The summed E-state index contributed by atoms with van der Waals surface area (Å²) in [6.45, 7) is 5.26. The molecule has 2 rings (SSSR count). The molecular weight excluding hydrogens is 138 g/mol. The molecule has 0 aromatic heterocycles. The average molecular weight is 151 g/mol. The molecule has 3 nitrogen and oxygen atoms in total. The molecule has 2 radical (unpaired) electrons. The van der Waals surface area contributed by atoms with Crippen LogP contribution in [0.1, 0.15) is 12.8 Å². The standard InChI is InChI=1S/C8H13N3/c1-2-7(6-9-3-1)8-10-4-5-11-8/h3,7-8,10-11H,1-2,4-5H2. The van der Waals surface area contributed by atoms with Crippen molar-refractivity contribution >= 4 is 6.21 Å². The summed E-state index contributed by atoms with van der Waals surface area (Å²) in [5.74, 6) is 0.475. The van der Waals surface area contributed by atoms with E-state index in [0.717, 1.165) is 19.5 Å². The lowest BCUT2D eigenvalue weighted by Gasteiger charge is -2.22. The highest BCUT2D eigenvalue weighted by atomic mass is 15.2. The molecule has 11 heavy (non-hydrogen) atoms. The number of rotatable bonds is 1. The molecule has 1 atom stereocenters. The second-order valence-electron chi connectivity index (χ2n) is 3.01. The first-order chi connectivity index (χ1) is 5.47. The van der Waals surface area contributed by atoms with Crippen LogP contribution in [0.3, 0.4) is 0 Å². The molecule has 0 aromatic carbocycles. The van der Waals surface area contributed by atoms with E-state index in [0.29, 0.717) is 12.1 Å². The minimum atomic E-state index is 0.424. The Morgan fingerprint density at radius 3 is 2.82 bits per heavy atom. The topological polar surface area (TPSA) is 36.4 Å². The molecular formula is C8H13N3.